The van der Waals surface area contributed by atoms with Gasteiger partial charge in [-0.2, -0.15) is 0 Å². The lowest BCUT2D eigenvalue weighted by Gasteiger charge is -2.32. The summed E-state index contributed by atoms with van der Waals surface area (Å²) in [4.78, 5) is 15.1. The van der Waals surface area contributed by atoms with Crippen LogP contribution in [0.4, 0.5) is 11.4 Å². The summed E-state index contributed by atoms with van der Waals surface area (Å²) in [5, 5.41) is 3.36. The first-order valence-electron chi connectivity index (χ1n) is 10.9. The van der Waals surface area contributed by atoms with Crippen LogP contribution in [-0.2, 0) is 14.8 Å². The standard InChI is InChI=1S/C24H32ClN3O3S/c1-17-11-13-27(14-12-17)21-9-6-20(7-10-21)19(3)26-24(29)16-28(32(4,30)31)22-8-5-18(2)23(25)15-22/h5-10,15,17,19H,11-14,16H2,1-4H3,(H,26,29). The van der Waals surface area contributed by atoms with Crippen molar-refractivity contribution in [1.82, 2.24) is 5.32 Å². The molecule has 1 saturated heterocycles. The van der Waals surface area contributed by atoms with E-state index < -0.39 is 10.0 Å². The maximum atomic E-state index is 12.7. The maximum Gasteiger partial charge on any atom is 0.241 e. The number of rotatable bonds is 7. The summed E-state index contributed by atoms with van der Waals surface area (Å²) < 4.78 is 25.7. The Morgan fingerprint density at radius 2 is 1.81 bits per heavy atom. The smallest absolute Gasteiger partial charge is 0.241 e. The highest BCUT2D eigenvalue weighted by molar-refractivity contribution is 7.92. The summed E-state index contributed by atoms with van der Waals surface area (Å²) in [5.74, 6) is 0.400. The van der Waals surface area contributed by atoms with E-state index in [-0.39, 0.29) is 18.5 Å². The first kappa shape index (κ1) is 24.4. The fourth-order valence-corrected chi connectivity index (χ4v) is 4.90. The third kappa shape index (κ3) is 6.17. The third-order valence-corrected chi connectivity index (χ3v) is 7.60. The summed E-state index contributed by atoms with van der Waals surface area (Å²) in [6.07, 6.45) is 3.49. The van der Waals surface area contributed by atoms with Gasteiger partial charge in [-0.15, -0.1) is 0 Å². The molecule has 3 rings (SSSR count). The van der Waals surface area contributed by atoms with E-state index in [1.807, 2.05) is 26.0 Å². The van der Waals surface area contributed by atoms with E-state index in [2.05, 4.69) is 29.3 Å². The van der Waals surface area contributed by atoms with E-state index in [1.54, 1.807) is 18.2 Å². The summed E-state index contributed by atoms with van der Waals surface area (Å²) in [5.41, 5.74) is 3.37. The van der Waals surface area contributed by atoms with Gasteiger partial charge in [0.25, 0.3) is 0 Å². The normalized spacial score (nSPS) is 16.0. The molecule has 1 unspecified atom stereocenters. The quantitative estimate of drug-likeness (QED) is 0.636. The Morgan fingerprint density at radius 1 is 1.19 bits per heavy atom. The Hall–Kier alpha value is -2.25. The van der Waals surface area contributed by atoms with Gasteiger partial charge in [-0.1, -0.05) is 36.7 Å². The van der Waals surface area contributed by atoms with Gasteiger partial charge in [-0.3, -0.25) is 9.10 Å². The minimum atomic E-state index is -3.66. The van der Waals surface area contributed by atoms with Crippen LogP contribution in [0.2, 0.25) is 5.02 Å². The van der Waals surface area contributed by atoms with Crippen molar-refractivity contribution < 1.29 is 13.2 Å². The third-order valence-electron chi connectivity index (χ3n) is 6.05. The number of hydrogen-bond donors (Lipinski definition) is 1. The molecule has 32 heavy (non-hydrogen) atoms. The Labute approximate surface area is 196 Å². The van der Waals surface area contributed by atoms with Gasteiger partial charge in [-0.05, 0) is 68.0 Å². The van der Waals surface area contributed by atoms with Gasteiger partial charge in [0.1, 0.15) is 6.54 Å². The number of anilines is 2. The molecule has 1 N–H and O–H groups in total. The molecule has 0 saturated carbocycles. The second kappa shape index (κ2) is 10.1. The van der Waals surface area contributed by atoms with Crippen molar-refractivity contribution in [3.8, 4) is 0 Å². The SMILES string of the molecule is Cc1ccc(N(CC(=O)NC(C)c2ccc(N3CCC(C)CC3)cc2)S(C)(=O)=O)cc1Cl. The van der Waals surface area contributed by atoms with Crippen molar-refractivity contribution in [1.29, 1.82) is 0 Å². The first-order chi connectivity index (χ1) is 15.0. The van der Waals surface area contributed by atoms with E-state index in [0.717, 1.165) is 40.7 Å². The molecule has 0 radical (unpaired) electrons. The van der Waals surface area contributed by atoms with Crippen molar-refractivity contribution >= 4 is 38.9 Å². The number of hydrogen-bond acceptors (Lipinski definition) is 4. The number of carbonyl (C=O) groups excluding carboxylic acids is 1. The Kier molecular flexibility index (Phi) is 7.72. The lowest BCUT2D eigenvalue weighted by atomic mass is 9.98. The monoisotopic (exact) mass is 477 g/mol. The number of halogens is 1. The number of nitrogens with one attached hydrogen (secondary N) is 1. The molecule has 6 nitrogen and oxygen atoms in total. The highest BCUT2D eigenvalue weighted by Crippen LogP contribution is 2.26. The molecule has 0 aliphatic carbocycles. The zero-order valence-corrected chi connectivity index (χ0v) is 20.7. The van der Waals surface area contributed by atoms with Crippen LogP contribution >= 0.6 is 11.6 Å². The number of benzene rings is 2. The van der Waals surface area contributed by atoms with Crippen LogP contribution in [0.15, 0.2) is 42.5 Å². The topological polar surface area (TPSA) is 69.7 Å². The zero-order valence-electron chi connectivity index (χ0n) is 19.1. The molecule has 0 spiro atoms. The molecule has 2 aromatic carbocycles. The molecule has 1 atom stereocenters. The van der Waals surface area contributed by atoms with Gasteiger partial charge in [0.2, 0.25) is 15.9 Å². The van der Waals surface area contributed by atoms with Crippen LogP contribution in [0, 0.1) is 12.8 Å². The number of carbonyl (C=O) groups is 1. The van der Waals surface area contributed by atoms with Crippen LogP contribution in [0.3, 0.4) is 0 Å². The number of sulfonamides is 1. The molecule has 1 aliphatic heterocycles. The van der Waals surface area contributed by atoms with E-state index in [1.165, 1.54) is 18.5 Å². The van der Waals surface area contributed by atoms with Crippen molar-refractivity contribution in [3.63, 3.8) is 0 Å². The van der Waals surface area contributed by atoms with Gasteiger partial charge in [0.05, 0.1) is 18.0 Å². The van der Waals surface area contributed by atoms with Crippen LogP contribution in [0.25, 0.3) is 0 Å². The maximum absolute atomic E-state index is 12.7. The lowest BCUT2D eigenvalue weighted by Crippen LogP contribution is -2.41. The lowest BCUT2D eigenvalue weighted by molar-refractivity contribution is -0.120. The zero-order chi connectivity index (χ0) is 23.5. The van der Waals surface area contributed by atoms with Gasteiger partial charge in [0.15, 0.2) is 0 Å². The summed E-state index contributed by atoms with van der Waals surface area (Å²) in [6, 6.07) is 12.9. The fourth-order valence-electron chi connectivity index (χ4n) is 3.88. The van der Waals surface area contributed by atoms with Crippen molar-refractivity contribution in [3.05, 3.63) is 58.6 Å². The highest BCUT2D eigenvalue weighted by Gasteiger charge is 2.23. The predicted octanol–water partition coefficient (Wildman–Crippen LogP) is 4.53. The van der Waals surface area contributed by atoms with Crippen molar-refractivity contribution in [2.75, 3.05) is 35.1 Å². The van der Waals surface area contributed by atoms with E-state index in [4.69, 9.17) is 11.6 Å². The Bertz CT molecular complexity index is 1050. The molecule has 2 aromatic rings. The van der Waals surface area contributed by atoms with Gasteiger partial charge < -0.3 is 10.2 Å². The van der Waals surface area contributed by atoms with Crippen molar-refractivity contribution in [2.24, 2.45) is 5.92 Å². The molecule has 1 fully saturated rings. The Morgan fingerprint density at radius 3 is 2.38 bits per heavy atom. The average Bonchev–Trinajstić information content (AvgIpc) is 2.74. The molecular weight excluding hydrogens is 446 g/mol. The van der Waals surface area contributed by atoms with Crippen molar-refractivity contribution in [2.45, 2.75) is 39.7 Å². The molecule has 1 heterocycles. The van der Waals surface area contributed by atoms with Crippen LogP contribution in [0.1, 0.15) is 43.9 Å². The number of amides is 1. The van der Waals surface area contributed by atoms with Crippen LogP contribution < -0.4 is 14.5 Å². The number of nitrogens with zero attached hydrogens (tertiary/aromatic N) is 2. The average molecular weight is 478 g/mol. The van der Waals surface area contributed by atoms with Crippen LogP contribution in [0.5, 0.6) is 0 Å². The molecule has 8 heteroatoms. The fraction of sp³-hybridized carbons (Fsp3) is 0.458. The molecule has 1 amide bonds. The molecule has 174 valence electrons. The second-order valence-electron chi connectivity index (χ2n) is 8.75. The number of aryl methyl sites for hydroxylation is 1. The summed E-state index contributed by atoms with van der Waals surface area (Å²) in [7, 11) is -3.66. The highest BCUT2D eigenvalue weighted by atomic mass is 35.5. The van der Waals surface area contributed by atoms with Gasteiger partial charge in [0, 0.05) is 23.8 Å². The second-order valence-corrected chi connectivity index (χ2v) is 11.1. The minimum Gasteiger partial charge on any atom is -0.372 e. The predicted molar refractivity (Wildman–Crippen MR) is 132 cm³/mol. The summed E-state index contributed by atoms with van der Waals surface area (Å²) in [6.45, 7) is 7.84. The Balaban J connectivity index is 1.65. The first-order valence-corrected chi connectivity index (χ1v) is 13.2. The summed E-state index contributed by atoms with van der Waals surface area (Å²) >= 11 is 6.16. The minimum absolute atomic E-state index is 0.249. The molecular formula is C24H32ClN3O3S. The van der Waals surface area contributed by atoms with E-state index in [9.17, 15) is 13.2 Å². The van der Waals surface area contributed by atoms with E-state index >= 15 is 0 Å². The largest absolute Gasteiger partial charge is 0.372 e. The molecule has 0 bridgehead atoms. The molecule has 1 aliphatic rings. The van der Waals surface area contributed by atoms with Gasteiger partial charge >= 0.3 is 0 Å². The van der Waals surface area contributed by atoms with E-state index in [0.29, 0.717) is 10.7 Å². The van der Waals surface area contributed by atoms with Crippen LogP contribution in [-0.4, -0.2) is 40.2 Å². The number of piperidine rings is 1. The molecule has 0 aromatic heterocycles. The van der Waals surface area contributed by atoms with Gasteiger partial charge in [-0.25, -0.2) is 8.42 Å².